The zero-order valence-corrected chi connectivity index (χ0v) is 19.2. The Morgan fingerprint density at radius 1 is 1.26 bits per heavy atom. The molecule has 4 aromatic rings. The van der Waals surface area contributed by atoms with Crippen LogP contribution < -0.4 is 0 Å². The van der Waals surface area contributed by atoms with E-state index >= 15 is 0 Å². The molecule has 0 aliphatic carbocycles. The van der Waals surface area contributed by atoms with Gasteiger partial charge in [-0.05, 0) is 24.3 Å². The summed E-state index contributed by atoms with van der Waals surface area (Å²) in [5.74, 6) is 0. The molecule has 0 bridgehead atoms. The predicted octanol–water partition coefficient (Wildman–Crippen LogP) is 1.23. The van der Waals surface area contributed by atoms with Crippen molar-refractivity contribution in [2.24, 2.45) is 0 Å². The fourth-order valence-corrected chi connectivity index (χ4v) is 5.13. The standard InChI is InChI=1S/C22H22N8O3S/c1-34(32,33)29-14-22(15-29,5-6-23)30-8-4-18(27-30)21-17-3-2-7-24-20(17)11-19(26-21)16-12-25-28(13-16)9-10-31/h2-4,7-8,11-13,31H,5,9-10,14-15H2,1H3. The summed E-state index contributed by atoms with van der Waals surface area (Å²) < 4.78 is 28.5. The van der Waals surface area contributed by atoms with Crippen molar-refractivity contribution in [3.8, 4) is 28.7 Å². The minimum absolute atomic E-state index is 0.0162. The lowest BCUT2D eigenvalue weighted by Crippen LogP contribution is -2.63. The fraction of sp³-hybridized carbons (Fsp3) is 0.318. The molecule has 0 unspecified atom stereocenters. The van der Waals surface area contributed by atoms with Gasteiger partial charge in [0.2, 0.25) is 10.0 Å². The highest BCUT2D eigenvalue weighted by Crippen LogP contribution is 2.35. The van der Waals surface area contributed by atoms with E-state index in [9.17, 15) is 18.8 Å². The molecular formula is C22H22N8O3S. The third-order valence-electron chi connectivity index (χ3n) is 5.99. The summed E-state index contributed by atoms with van der Waals surface area (Å²) >= 11 is 0. The van der Waals surface area contributed by atoms with Gasteiger partial charge in [0, 0.05) is 42.6 Å². The zero-order valence-electron chi connectivity index (χ0n) is 18.4. The lowest BCUT2D eigenvalue weighted by atomic mass is 9.89. The summed E-state index contributed by atoms with van der Waals surface area (Å²) in [7, 11) is -3.34. The summed E-state index contributed by atoms with van der Waals surface area (Å²) in [5, 5.41) is 28.4. The van der Waals surface area contributed by atoms with Gasteiger partial charge in [-0.1, -0.05) is 0 Å². The average molecular weight is 479 g/mol. The Hall–Kier alpha value is -3.66. The predicted molar refractivity (Wildman–Crippen MR) is 124 cm³/mol. The molecule has 5 rings (SSSR count). The van der Waals surface area contributed by atoms with Gasteiger partial charge in [-0.25, -0.2) is 13.4 Å². The fourth-order valence-electron chi connectivity index (χ4n) is 4.18. The zero-order chi connectivity index (χ0) is 23.9. The molecule has 0 radical (unpaired) electrons. The van der Waals surface area contributed by atoms with E-state index < -0.39 is 15.6 Å². The average Bonchev–Trinajstić information content (AvgIpc) is 3.45. The number of hydrogen-bond donors (Lipinski definition) is 1. The summed E-state index contributed by atoms with van der Waals surface area (Å²) in [6.45, 7) is 0.757. The lowest BCUT2D eigenvalue weighted by Gasteiger charge is -2.47. The summed E-state index contributed by atoms with van der Waals surface area (Å²) in [6, 6.07) is 9.61. The normalized spacial score (nSPS) is 15.8. The maximum atomic E-state index is 11.9. The van der Waals surface area contributed by atoms with E-state index in [-0.39, 0.29) is 26.1 Å². The first-order chi connectivity index (χ1) is 16.3. The van der Waals surface area contributed by atoms with Gasteiger partial charge in [0.15, 0.2) is 0 Å². The second-order valence-electron chi connectivity index (χ2n) is 8.38. The number of rotatable bonds is 7. The molecule has 1 N–H and O–H groups in total. The molecule has 174 valence electrons. The van der Waals surface area contributed by atoms with Crippen molar-refractivity contribution < 1.29 is 13.5 Å². The SMILES string of the molecule is CS(=O)(=O)N1CC(CC#N)(n2ccc(-c3nc(-c4cnn(CCO)c4)cc4ncccc34)n2)C1. The number of sulfonamides is 1. The van der Waals surface area contributed by atoms with Crippen LogP contribution in [0.1, 0.15) is 6.42 Å². The van der Waals surface area contributed by atoms with Gasteiger partial charge in [0.1, 0.15) is 16.9 Å². The molecule has 5 heterocycles. The van der Waals surface area contributed by atoms with Crippen molar-refractivity contribution in [3.05, 3.63) is 49.1 Å². The first-order valence-electron chi connectivity index (χ1n) is 10.6. The third kappa shape index (κ3) is 3.83. The van der Waals surface area contributed by atoms with Gasteiger partial charge in [0.05, 0.1) is 49.3 Å². The second-order valence-corrected chi connectivity index (χ2v) is 10.4. The molecule has 0 aromatic carbocycles. The first-order valence-corrected chi connectivity index (χ1v) is 12.5. The molecule has 1 aliphatic rings. The molecule has 1 fully saturated rings. The molecule has 0 amide bonds. The Morgan fingerprint density at radius 2 is 2.09 bits per heavy atom. The Kier molecular flexibility index (Phi) is 5.40. The minimum atomic E-state index is -3.34. The molecule has 4 aromatic heterocycles. The molecule has 11 nitrogen and oxygen atoms in total. The highest BCUT2D eigenvalue weighted by molar-refractivity contribution is 7.88. The molecule has 0 saturated carbocycles. The Bertz CT molecular complexity index is 1510. The van der Waals surface area contributed by atoms with Gasteiger partial charge in [-0.15, -0.1) is 0 Å². The van der Waals surface area contributed by atoms with E-state index in [0.29, 0.717) is 23.6 Å². The molecule has 34 heavy (non-hydrogen) atoms. The van der Waals surface area contributed by atoms with Crippen LogP contribution in [0.3, 0.4) is 0 Å². The lowest BCUT2D eigenvalue weighted by molar-refractivity contribution is 0.0726. The van der Waals surface area contributed by atoms with Crippen molar-refractivity contribution in [1.29, 1.82) is 5.26 Å². The van der Waals surface area contributed by atoms with Crippen molar-refractivity contribution in [1.82, 2.24) is 33.8 Å². The summed E-state index contributed by atoms with van der Waals surface area (Å²) in [5.41, 5.74) is 2.70. The van der Waals surface area contributed by atoms with E-state index in [2.05, 4.69) is 16.2 Å². The van der Waals surface area contributed by atoms with E-state index in [4.69, 9.17) is 10.1 Å². The second kappa shape index (κ2) is 8.28. The van der Waals surface area contributed by atoms with Crippen LogP contribution in [0.15, 0.2) is 49.1 Å². The summed E-state index contributed by atoms with van der Waals surface area (Å²) in [4.78, 5) is 9.34. The van der Waals surface area contributed by atoms with Gasteiger partial charge in [0.25, 0.3) is 0 Å². The number of aliphatic hydroxyl groups excluding tert-OH is 1. The van der Waals surface area contributed by atoms with Crippen LogP contribution in [-0.4, -0.2) is 73.3 Å². The topological polar surface area (TPSA) is 143 Å². The quantitative estimate of drug-likeness (QED) is 0.418. The third-order valence-corrected chi connectivity index (χ3v) is 7.19. The van der Waals surface area contributed by atoms with Crippen LogP contribution in [0.4, 0.5) is 0 Å². The van der Waals surface area contributed by atoms with Crippen LogP contribution in [0.2, 0.25) is 0 Å². The van der Waals surface area contributed by atoms with E-state index in [1.807, 2.05) is 30.5 Å². The highest BCUT2D eigenvalue weighted by atomic mass is 32.2. The Morgan fingerprint density at radius 3 is 2.82 bits per heavy atom. The van der Waals surface area contributed by atoms with E-state index in [1.54, 1.807) is 28.0 Å². The van der Waals surface area contributed by atoms with Gasteiger partial charge in [-0.2, -0.15) is 19.8 Å². The number of nitriles is 1. The van der Waals surface area contributed by atoms with Crippen LogP contribution in [0, 0.1) is 11.3 Å². The number of nitrogens with zero attached hydrogens (tertiary/aromatic N) is 8. The van der Waals surface area contributed by atoms with Crippen LogP contribution in [-0.2, 0) is 22.1 Å². The largest absolute Gasteiger partial charge is 0.394 e. The molecule has 1 aliphatic heterocycles. The molecule has 0 atom stereocenters. The van der Waals surface area contributed by atoms with Gasteiger partial charge in [-0.3, -0.25) is 14.3 Å². The van der Waals surface area contributed by atoms with E-state index in [0.717, 1.165) is 22.7 Å². The van der Waals surface area contributed by atoms with Crippen molar-refractivity contribution in [3.63, 3.8) is 0 Å². The van der Waals surface area contributed by atoms with Gasteiger partial charge >= 0.3 is 0 Å². The monoisotopic (exact) mass is 478 g/mol. The number of fused-ring (bicyclic) bond motifs is 1. The van der Waals surface area contributed by atoms with Crippen molar-refractivity contribution in [2.45, 2.75) is 18.5 Å². The maximum absolute atomic E-state index is 11.9. The maximum Gasteiger partial charge on any atom is 0.211 e. The van der Waals surface area contributed by atoms with Crippen molar-refractivity contribution in [2.75, 3.05) is 26.0 Å². The molecule has 0 spiro atoms. The summed E-state index contributed by atoms with van der Waals surface area (Å²) in [6.07, 6.45) is 8.27. The first kappa shape index (κ1) is 22.1. The smallest absolute Gasteiger partial charge is 0.211 e. The number of hydrogen-bond acceptors (Lipinski definition) is 8. The van der Waals surface area contributed by atoms with E-state index in [1.165, 1.54) is 4.31 Å². The highest BCUT2D eigenvalue weighted by Gasteiger charge is 2.49. The van der Waals surface area contributed by atoms with Crippen LogP contribution in [0.5, 0.6) is 0 Å². The van der Waals surface area contributed by atoms with Gasteiger partial charge < -0.3 is 5.11 Å². The number of aromatic nitrogens is 6. The molecular weight excluding hydrogens is 456 g/mol. The molecule has 1 saturated heterocycles. The van der Waals surface area contributed by atoms with Crippen LogP contribution >= 0.6 is 0 Å². The molecule has 12 heteroatoms. The number of aliphatic hydroxyl groups is 1. The van der Waals surface area contributed by atoms with Crippen molar-refractivity contribution >= 4 is 20.9 Å². The van der Waals surface area contributed by atoms with Crippen LogP contribution in [0.25, 0.3) is 33.5 Å². The minimum Gasteiger partial charge on any atom is -0.394 e. The Balaban J connectivity index is 1.57. The Labute approximate surface area is 196 Å². The number of pyridine rings is 2.